The zero-order chi connectivity index (χ0) is 15.9. The number of aryl methyl sites for hydroxylation is 1. The van der Waals surface area contributed by atoms with Gasteiger partial charge in [-0.3, -0.25) is 5.43 Å². The van der Waals surface area contributed by atoms with Crippen molar-refractivity contribution >= 4 is 11.9 Å². The molecule has 1 N–H and O–H groups in total. The van der Waals surface area contributed by atoms with Crippen LogP contribution >= 0.6 is 0 Å². The van der Waals surface area contributed by atoms with Crippen LogP contribution in [0.25, 0.3) is 0 Å². The van der Waals surface area contributed by atoms with Crippen LogP contribution in [0.15, 0.2) is 47.6 Å². The zero-order valence-electron chi connectivity index (χ0n) is 13.8. The molecular formula is C19H24N2O. The average Bonchev–Trinajstić information content (AvgIpc) is 2.50. The van der Waals surface area contributed by atoms with E-state index in [1.54, 1.807) is 0 Å². The molecule has 0 saturated carbocycles. The number of ether oxygens (including phenoxy) is 1. The molecule has 0 aliphatic rings. The van der Waals surface area contributed by atoms with Gasteiger partial charge < -0.3 is 4.74 Å². The van der Waals surface area contributed by atoms with Crippen molar-refractivity contribution in [2.75, 3.05) is 12.0 Å². The minimum Gasteiger partial charge on any atom is -0.494 e. The van der Waals surface area contributed by atoms with Gasteiger partial charge >= 0.3 is 0 Å². The summed E-state index contributed by atoms with van der Waals surface area (Å²) in [6.45, 7) is 9.13. The quantitative estimate of drug-likeness (QED) is 0.603. The summed E-state index contributed by atoms with van der Waals surface area (Å²) in [5.41, 5.74) is 7.51. The Bertz CT molecular complexity index is 633. The van der Waals surface area contributed by atoms with Gasteiger partial charge in [0.2, 0.25) is 0 Å². The number of benzene rings is 2. The van der Waals surface area contributed by atoms with Gasteiger partial charge in [0.1, 0.15) is 5.75 Å². The second-order valence-electron chi connectivity index (χ2n) is 5.57. The topological polar surface area (TPSA) is 33.6 Å². The van der Waals surface area contributed by atoms with E-state index in [-0.39, 0.29) is 0 Å². The highest BCUT2D eigenvalue weighted by molar-refractivity contribution is 5.83. The van der Waals surface area contributed by atoms with E-state index in [2.05, 4.69) is 43.4 Å². The molecule has 0 radical (unpaired) electrons. The second-order valence-corrected chi connectivity index (χ2v) is 5.57. The SMILES string of the molecule is CCOc1cc(C)c(C=NNc2ccccc2)cc1C(C)C. The van der Waals surface area contributed by atoms with Gasteiger partial charge in [0.25, 0.3) is 0 Å². The van der Waals surface area contributed by atoms with Crippen LogP contribution in [0, 0.1) is 6.92 Å². The third kappa shape index (κ3) is 4.10. The van der Waals surface area contributed by atoms with Crippen molar-refractivity contribution in [2.24, 2.45) is 5.10 Å². The van der Waals surface area contributed by atoms with Crippen LogP contribution in [0.2, 0.25) is 0 Å². The monoisotopic (exact) mass is 296 g/mol. The lowest BCUT2D eigenvalue weighted by atomic mass is 9.97. The first-order valence-corrected chi connectivity index (χ1v) is 7.73. The lowest BCUT2D eigenvalue weighted by Gasteiger charge is -2.15. The molecule has 0 spiro atoms. The van der Waals surface area contributed by atoms with Crippen molar-refractivity contribution in [3.05, 3.63) is 59.2 Å². The van der Waals surface area contributed by atoms with Crippen LogP contribution in [0.4, 0.5) is 5.69 Å². The fourth-order valence-electron chi connectivity index (χ4n) is 2.28. The van der Waals surface area contributed by atoms with Gasteiger partial charge in [0.15, 0.2) is 0 Å². The molecule has 0 aliphatic carbocycles. The molecule has 0 atom stereocenters. The number of hydrazone groups is 1. The van der Waals surface area contributed by atoms with E-state index in [0.29, 0.717) is 12.5 Å². The maximum Gasteiger partial charge on any atom is 0.123 e. The first-order chi connectivity index (χ1) is 10.6. The highest BCUT2D eigenvalue weighted by Gasteiger charge is 2.10. The van der Waals surface area contributed by atoms with Gasteiger partial charge in [0.05, 0.1) is 18.5 Å². The van der Waals surface area contributed by atoms with Crippen molar-refractivity contribution in [1.29, 1.82) is 0 Å². The van der Waals surface area contributed by atoms with Crippen LogP contribution in [0.1, 0.15) is 43.4 Å². The van der Waals surface area contributed by atoms with Gasteiger partial charge in [-0.25, -0.2) is 0 Å². The number of hydrogen-bond acceptors (Lipinski definition) is 3. The Hall–Kier alpha value is -2.29. The van der Waals surface area contributed by atoms with E-state index in [1.807, 2.05) is 43.5 Å². The minimum absolute atomic E-state index is 0.413. The summed E-state index contributed by atoms with van der Waals surface area (Å²) in [7, 11) is 0. The van der Waals surface area contributed by atoms with Crippen molar-refractivity contribution in [3.63, 3.8) is 0 Å². The fourth-order valence-corrected chi connectivity index (χ4v) is 2.28. The van der Waals surface area contributed by atoms with Gasteiger partial charge in [-0.15, -0.1) is 0 Å². The molecular weight excluding hydrogens is 272 g/mol. The van der Waals surface area contributed by atoms with E-state index in [0.717, 1.165) is 22.6 Å². The number of nitrogens with one attached hydrogen (secondary N) is 1. The van der Waals surface area contributed by atoms with Crippen LogP contribution in [-0.4, -0.2) is 12.8 Å². The molecule has 0 unspecified atom stereocenters. The molecule has 2 aromatic rings. The largest absolute Gasteiger partial charge is 0.494 e. The predicted molar refractivity (Wildman–Crippen MR) is 94.1 cm³/mol. The number of rotatable bonds is 6. The molecule has 116 valence electrons. The van der Waals surface area contributed by atoms with E-state index in [9.17, 15) is 0 Å². The number of anilines is 1. The first-order valence-electron chi connectivity index (χ1n) is 7.73. The summed E-state index contributed by atoms with van der Waals surface area (Å²) in [5, 5.41) is 4.33. The van der Waals surface area contributed by atoms with Crippen LogP contribution < -0.4 is 10.2 Å². The van der Waals surface area contributed by atoms with E-state index < -0.39 is 0 Å². The average molecular weight is 296 g/mol. The Morgan fingerprint density at radius 3 is 2.55 bits per heavy atom. The summed E-state index contributed by atoms with van der Waals surface area (Å²) in [5.74, 6) is 1.39. The summed E-state index contributed by atoms with van der Waals surface area (Å²) in [6, 6.07) is 14.2. The highest BCUT2D eigenvalue weighted by Crippen LogP contribution is 2.29. The number of hydrogen-bond donors (Lipinski definition) is 1. The van der Waals surface area contributed by atoms with Crippen molar-refractivity contribution < 1.29 is 4.74 Å². The Labute approximate surface area is 133 Å². The maximum absolute atomic E-state index is 5.75. The van der Waals surface area contributed by atoms with E-state index in [4.69, 9.17) is 4.74 Å². The summed E-state index contributed by atoms with van der Waals surface area (Å²) >= 11 is 0. The summed E-state index contributed by atoms with van der Waals surface area (Å²) in [6.07, 6.45) is 1.87. The lowest BCUT2D eigenvalue weighted by Crippen LogP contribution is -2.02. The van der Waals surface area contributed by atoms with Gasteiger partial charge in [-0.05, 0) is 60.7 Å². The normalized spacial score (nSPS) is 11.1. The molecule has 0 heterocycles. The molecule has 0 bridgehead atoms. The molecule has 0 fully saturated rings. The second kappa shape index (κ2) is 7.64. The third-order valence-corrected chi connectivity index (χ3v) is 3.49. The first kappa shape index (κ1) is 16.1. The molecule has 3 nitrogen and oxygen atoms in total. The van der Waals surface area contributed by atoms with Crippen LogP contribution in [0.5, 0.6) is 5.75 Å². The molecule has 2 aromatic carbocycles. The Kier molecular flexibility index (Phi) is 5.59. The van der Waals surface area contributed by atoms with E-state index >= 15 is 0 Å². The lowest BCUT2D eigenvalue weighted by molar-refractivity contribution is 0.335. The molecule has 0 amide bonds. The van der Waals surface area contributed by atoms with Gasteiger partial charge in [-0.1, -0.05) is 32.0 Å². The van der Waals surface area contributed by atoms with Gasteiger partial charge in [0, 0.05) is 0 Å². The standard InChI is InChI=1S/C19H24N2O/c1-5-22-19-11-15(4)16(12-18(19)14(2)3)13-20-21-17-9-7-6-8-10-17/h6-14,21H,5H2,1-4H3. The van der Waals surface area contributed by atoms with Crippen molar-refractivity contribution in [1.82, 2.24) is 0 Å². The van der Waals surface area contributed by atoms with Gasteiger partial charge in [-0.2, -0.15) is 5.10 Å². The molecule has 0 saturated heterocycles. The highest BCUT2D eigenvalue weighted by atomic mass is 16.5. The predicted octanol–water partition coefficient (Wildman–Crippen LogP) is 4.96. The summed E-state index contributed by atoms with van der Waals surface area (Å²) < 4.78 is 5.75. The zero-order valence-corrected chi connectivity index (χ0v) is 13.8. The number of para-hydroxylation sites is 1. The van der Waals surface area contributed by atoms with Crippen molar-refractivity contribution in [3.8, 4) is 5.75 Å². The fraction of sp³-hybridized carbons (Fsp3) is 0.316. The Balaban J connectivity index is 2.21. The third-order valence-electron chi connectivity index (χ3n) is 3.49. The van der Waals surface area contributed by atoms with Crippen molar-refractivity contribution in [2.45, 2.75) is 33.6 Å². The molecule has 2 rings (SSSR count). The maximum atomic E-state index is 5.75. The Morgan fingerprint density at radius 2 is 1.91 bits per heavy atom. The smallest absolute Gasteiger partial charge is 0.123 e. The molecule has 0 aromatic heterocycles. The summed E-state index contributed by atoms with van der Waals surface area (Å²) in [4.78, 5) is 0. The Morgan fingerprint density at radius 1 is 1.18 bits per heavy atom. The molecule has 3 heteroatoms. The van der Waals surface area contributed by atoms with Crippen LogP contribution in [-0.2, 0) is 0 Å². The van der Waals surface area contributed by atoms with Crippen LogP contribution in [0.3, 0.4) is 0 Å². The molecule has 0 aliphatic heterocycles. The minimum atomic E-state index is 0.413. The van der Waals surface area contributed by atoms with E-state index in [1.165, 1.54) is 5.56 Å². The number of nitrogens with zero attached hydrogens (tertiary/aromatic N) is 1. The molecule has 22 heavy (non-hydrogen) atoms.